The number of phenols is 1. The van der Waals surface area contributed by atoms with Crippen molar-refractivity contribution in [3.05, 3.63) is 83.9 Å². The Labute approximate surface area is 414 Å². The fraction of sp³-hybridized carbons (Fsp3) is 0.478. The molecule has 24 heteroatoms. The molecule has 3 aromatic rings. The molecule has 0 saturated heterocycles. The van der Waals surface area contributed by atoms with E-state index in [9.17, 15) is 48.6 Å². The summed E-state index contributed by atoms with van der Waals surface area (Å²) in [4.78, 5) is 123. The van der Waals surface area contributed by atoms with Gasteiger partial charge in [0.05, 0.1) is 18.8 Å². The number of aromatic nitrogens is 2. The van der Waals surface area contributed by atoms with Gasteiger partial charge < -0.3 is 63.7 Å². The van der Waals surface area contributed by atoms with E-state index in [4.69, 9.17) is 21.4 Å². The number of thioether (sulfide) groups is 2. The lowest BCUT2D eigenvalue weighted by Gasteiger charge is -2.28. The van der Waals surface area contributed by atoms with Gasteiger partial charge in [-0.3, -0.25) is 43.2 Å². The number of carboxylic acid groups (broad SMARTS) is 2. The first kappa shape index (κ1) is 59.5. The van der Waals surface area contributed by atoms with Crippen molar-refractivity contribution in [1.82, 2.24) is 41.9 Å². The molecule has 2 aromatic carbocycles. The van der Waals surface area contributed by atoms with Crippen LogP contribution < -0.4 is 43.4 Å². The lowest BCUT2D eigenvalue weighted by atomic mass is 10.0. The van der Waals surface area contributed by atoms with Crippen LogP contribution in [0.15, 0.2) is 67.1 Å². The van der Waals surface area contributed by atoms with Crippen LogP contribution in [0.25, 0.3) is 0 Å². The van der Waals surface area contributed by atoms with Gasteiger partial charge in [-0.25, -0.2) is 4.98 Å². The molecule has 0 saturated carbocycles. The number of carboxylic acids is 2. The van der Waals surface area contributed by atoms with Gasteiger partial charge >= 0.3 is 5.97 Å². The molecule has 14 N–H and O–H groups in total. The van der Waals surface area contributed by atoms with Crippen molar-refractivity contribution < 1.29 is 58.5 Å². The zero-order valence-electron chi connectivity index (χ0n) is 39.8. The predicted octanol–water partition coefficient (Wildman–Crippen LogP) is -0.0175. The number of nitrogens with zero attached hydrogens (tertiary/aromatic N) is 1. The van der Waals surface area contributed by atoms with E-state index in [1.165, 1.54) is 48.2 Å². The summed E-state index contributed by atoms with van der Waals surface area (Å²) in [6, 6.07) is 6.28. The minimum absolute atomic E-state index is 0.0126. The van der Waals surface area contributed by atoms with Crippen molar-refractivity contribution in [2.24, 2.45) is 17.4 Å². The van der Waals surface area contributed by atoms with Crippen LogP contribution in [0.4, 0.5) is 0 Å². The fourth-order valence-electron chi connectivity index (χ4n) is 6.61. The summed E-state index contributed by atoms with van der Waals surface area (Å²) >= 11 is 2.82. The third kappa shape index (κ3) is 23.1. The smallest absolute Gasteiger partial charge is 0.305 e. The SMILES string of the molecule is CC(=O)O.CSCC[C@H](NC(=O)[C@H](CC(C)C)NC(=O)[C@H](Cc1cnc[nH]1)NC(=O)[C@H](Cc1ccccc1)NC(=O)[C@@H](CCSC)NC(=O)[C@@H](N)Cc1ccc(O)cc1)C(=O)N[C@@H](CC(=O)O)C(N)=O. The highest BCUT2D eigenvalue weighted by molar-refractivity contribution is 7.98. The van der Waals surface area contributed by atoms with E-state index in [1.807, 2.05) is 20.1 Å². The highest BCUT2D eigenvalue weighted by atomic mass is 32.2. The Morgan fingerprint density at radius 3 is 1.54 bits per heavy atom. The van der Waals surface area contributed by atoms with Crippen LogP contribution in [0.3, 0.4) is 0 Å². The van der Waals surface area contributed by atoms with Crippen LogP contribution in [-0.2, 0) is 62.4 Å². The zero-order chi connectivity index (χ0) is 52.3. The molecule has 1 aromatic heterocycles. The van der Waals surface area contributed by atoms with Gasteiger partial charge in [-0.2, -0.15) is 23.5 Å². The molecule has 0 fully saturated rings. The minimum Gasteiger partial charge on any atom is -0.508 e. The van der Waals surface area contributed by atoms with Crippen molar-refractivity contribution in [2.75, 3.05) is 24.0 Å². The number of aromatic hydroxyl groups is 1. The molecule has 0 aliphatic carbocycles. The molecule has 0 aliphatic heterocycles. The molecule has 0 bridgehead atoms. The van der Waals surface area contributed by atoms with E-state index < -0.39 is 102 Å². The third-order valence-electron chi connectivity index (χ3n) is 10.1. The van der Waals surface area contributed by atoms with Gasteiger partial charge in [0.1, 0.15) is 42.0 Å². The number of H-pyrrole nitrogens is 1. The summed E-state index contributed by atoms with van der Waals surface area (Å²) in [6.07, 6.45) is 6.05. The normalized spacial score (nSPS) is 13.8. The Kier molecular flexibility index (Phi) is 26.7. The maximum atomic E-state index is 14.4. The number of benzene rings is 2. The molecule has 0 radical (unpaired) electrons. The van der Waals surface area contributed by atoms with Crippen LogP contribution in [0.1, 0.15) is 63.3 Å². The number of aliphatic carboxylic acids is 2. The molecule has 0 spiro atoms. The molecule has 384 valence electrons. The van der Waals surface area contributed by atoms with Crippen LogP contribution in [-0.4, -0.2) is 145 Å². The standard InChI is InChI=1S/C44H62N10O10S2.C2H4O2/c1-25(2)18-34(42(62)50-32(15-17-66-4)40(60)51-33(38(46)58)22-37(56)57)52-44(64)36(21-28-23-47-24-48-28)54-43(63)35(20-26-8-6-5-7-9-26)53-41(61)31(14-16-65-3)49-39(59)30(45)19-27-10-12-29(55)13-11-27;1-2(3)4/h5-13,23-25,30-36,55H,14-22,45H2,1-4H3,(H2,46,58)(H,47,48)(H,49,59)(H,50,62)(H,51,60)(H,52,64)(H,53,61)(H,54,63)(H,56,57);1H3,(H,3,4)/t30-,31+,32-,33-,34-,35-,36-;/m0./s1. The van der Waals surface area contributed by atoms with Crippen molar-refractivity contribution in [1.29, 1.82) is 0 Å². The number of aromatic amines is 1. The Bertz CT molecular complexity index is 2160. The van der Waals surface area contributed by atoms with Gasteiger partial charge in [0.2, 0.25) is 41.4 Å². The second-order valence-electron chi connectivity index (χ2n) is 16.5. The molecule has 0 aliphatic rings. The van der Waals surface area contributed by atoms with Crippen molar-refractivity contribution in [3.63, 3.8) is 0 Å². The monoisotopic (exact) mass is 1010 g/mol. The average Bonchev–Trinajstić information content (AvgIpc) is 3.81. The Morgan fingerprint density at radius 1 is 0.629 bits per heavy atom. The molecule has 7 atom stereocenters. The highest BCUT2D eigenvalue weighted by Crippen LogP contribution is 2.13. The van der Waals surface area contributed by atoms with Crippen LogP contribution in [0.5, 0.6) is 5.75 Å². The first-order valence-corrected chi connectivity index (χ1v) is 25.0. The number of rotatable bonds is 29. The van der Waals surface area contributed by atoms with Crippen LogP contribution >= 0.6 is 23.5 Å². The molecule has 3 rings (SSSR count). The largest absolute Gasteiger partial charge is 0.508 e. The predicted molar refractivity (Wildman–Crippen MR) is 264 cm³/mol. The molecule has 22 nitrogen and oxygen atoms in total. The summed E-state index contributed by atoms with van der Waals surface area (Å²) in [6.45, 7) is 4.71. The number of carbonyl (C=O) groups excluding carboxylic acids is 7. The van der Waals surface area contributed by atoms with Crippen molar-refractivity contribution in [3.8, 4) is 5.75 Å². The Hall–Kier alpha value is -6.66. The molecule has 70 heavy (non-hydrogen) atoms. The van der Waals surface area contributed by atoms with Crippen LogP contribution in [0.2, 0.25) is 0 Å². The summed E-state index contributed by atoms with van der Waals surface area (Å²) < 4.78 is 0. The van der Waals surface area contributed by atoms with E-state index in [2.05, 4.69) is 41.9 Å². The number of nitrogens with two attached hydrogens (primary N) is 2. The van der Waals surface area contributed by atoms with Gasteiger partial charge in [-0.15, -0.1) is 0 Å². The zero-order valence-corrected chi connectivity index (χ0v) is 41.4. The van der Waals surface area contributed by atoms with Gasteiger partial charge in [0.25, 0.3) is 5.97 Å². The van der Waals surface area contributed by atoms with Crippen LogP contribution in [0, 0.1) is 5.92 Å². The lowest BCUT2D eigenvalue weighted by molar-refractivity contribution is -0.140. The number of hydrogen-bond donors (Lipinski definition) is 12. The minimum atomic E-state index is -1.54. The lowest BCUT2D eigenvalue weighted by Crippen LogP contribution is -2.60. The average molecular weight is 1020 g/mol. The summed E-state index contributed by atoms with van der Waals surface area (Å²) in [5, 5.41) is 42.2. The van der Waals surface area contributed by atoms with Gasteiger partial charge in [0, 0.05) is 31.7 Å². The quantitative estimate of drug-likeness (QED) is 0.0435. The molecular weight excluding hydrogens is 949 g/mol. The molecule has 1 heterocycles. The van der Waals surface area contributed by atoms with Gasteiger partial charge in [0.15, 0.2) is 0 Å². The topological polar surface area (TPSA) is 367 Å². The second-order valence-corrected chi connectivity index (χ2v) is 18.5. The maximum absolute atomic E-state index is 14.4. The van der Waals surface area contributed by atoms with Gasteiger partial charge in [-0.1, -0.05) is 56.3 Å². The van der Waals surface area contributed by atoms with E-state index >= 15 is 0 Å². The number of carbonyl (C=O) groups is 9. The highest BCUT2D eigenvalue weighted by Gasteiger charge is 2.34. The van der Waals surface area contributed by atoms with E-state index in [0.29, 0.717) is 28.3 Å². The fourth-order valence-corrected chi connectivity index (χ4v) is 7.56. The van der Waals surface area contributed by atoms with Crippen molar-refractivity contribution >= 4 is 76.8 Å². The van der Waals surface area contributed by atoms with Gasteiger partial charge in [-0.05, 0) is 78.9 Å². The molecular formula is C46H66N10O12S2. The second kappa shape index (κ2) is 31.5. The third-order valence-corrected chi connectivity index (χ3v) is 11.4. The molecule has 0 unspecified atom stereocenters. The Morgan fingerprint density at radius 2 is 1.07 bits per heavy atom. The summed E-state index contributed by atoms with van der Waals surface area (Å²) in [5.74, 6) is -6.95. The maximum Gasteiger partial charge on any atom is 0.305 e. The number of phenolic OH excluding ortho intramolecular Hbond substituents is 1. The number of hydrogen-bond acceptors (Lipinski definition) is 14. The van der Waals surface area contributed by atoms with E-state index in [0.717, 1.165) is 6.92 Å². The molecule has 7 amide bonds. The Balaban J connectivity index is 0.00000403. The van der Waals surface area contributed by atoms with E-state index in [1.54, 1.807) is 48.7 Å². The number of primary amides is 1. The number of imidazole rings is 1. The van der Waals surface area contributed by atoms with E-state index in [-0.39, 0.29) is 50.2 Å². The first-order chi connectivity index (χ1) is 33.1. The first-order valence-electron chi connectivity index (χ1n) is 22.2. The number of nitrogens with one attached hydrogen (secondary N) is 7. The van der Waals surface area contributed by atoms with Crippen molar-refractivity contribution in [2.45, 2.75) is 108 Å². The number of amides is 7. The summed E-state index contributed by atoms with van der Waals surface area (Å²) in [7, 11) is 0. The summed E-state index contributed by atoms with van der Waals surface area (Å²) in [5.41, 5.74) is 13.4.